The molecule has 0 aliphatic carbocycles. The molecule has 5 heterocycles. The lowest BCUT2D eigenvalue weighted by atomic mass is 9.49. The molecule has 10 aromatic carbocycles. The number of hydrogen-bond acceptors (Lipinski definition) is 6. The van der Waals surface area contributed by atoms with E-state index in [1.54, 1.807) is 0 Å². The zero-order chi connectivity index (χ0) is 63.0. The van der Waals surface area contributed by atoms with Crippen molar-refractivity contribution < 1.29 is 27.9 Å². The van der Waals surface area contributed by atoms with Gasteiger partial charge in [0.2, 0.25) is 0 Å². The summed E-state index contributed by atoms with van der Waals surface area (Å²) >= 11 is 3.67. The first-order valence-electron chi connectivity index (χ1n) is 31.3. The number of halogens is 1. The highest BCUT2D eigenvalue weighted by Gasteiger charge is 2.64. The van der Waals surface area contributed by atoms with Gasteiger partial charge in [0.25, 0.3) is 0 Å². The van der Waals surface area contributed by atoms with Crippen molar-refractivity contribution in [2.45, 2.75) is 117 Å². The van der Waals surface area contributed by atoms with E-state index < -0.39 is 21.1 Å². The summed E-state index contributed by atoms with van der Waals surface area (Å²) in [6.07, 6.45) is 0. The molecule has 0 N–H and O–H groups in total. The van der Waals surface area contributed by atoms with Crippen molar-refractivity contribution in [2.75, 3.05) is 0 Å². The van der Waals surface area contributed by atoms with Crippen LogP contribution < -0.4 is 5.46 Å². The molecule has 3 fully saturated rings. The first kappa shape index (κ1) is 61.1. The smallest absolute Gasteiger partial charge is 0.405 e. The Bertz CT molecular complexity index is 4520. The van der Waals surface area contributed by atoms with Gasteiger partial charge < -0.3 is 37.1 Å². The largest absolute Gasteiger partial charge is 0.494 e. The van der Waals surface area contributed by atoms with Crippen LogP contribution in [0.4, 0.5) is 0 Å². The van der Waals surface area contributed by atoms with E-state index in [1.807, 2.05) is 55.4 Å². The summed E-state index contributed by atoms with van der Waals surface area (Å²) in [4.78, 5) is 0. The summed E-state index contributed by atoms with van der Waals surface area (Å²) < 4.78 is 42.6. The van der Waals surface area contributed by atoms with Crippen molar-refractivity contribution in [1.29, 1.82) is 0 Å². The highest BCUT2D eigenvalue weighted by Crippen LogP contribution is 2.45. The molecule has 12 heteroatoms. The van der Waals surface area contributed by atoms with E-state index in [-0.39, 0.29) is 33.6 Å². The summed E-state index contributed by atoms with van der Waals surface area (Å²) in [6, 6.07) is 86.6. The summed E-state index contributed by atoms with van der Waals surface area (Å²) in [5.41, 5.74) is 15.5. The van der Waals surface area contributed by atoms with Crippen LogP contribution in [0.1, 0.15) is 83.1 Å². The van der Waals surface area contributed by atoms with Crippen LogP contribution in [0.2, 0.25) is 0 Å². The van der Waals surface area contributed by atoms with Crippen LogP contribution in [0.25, 0.3) is 99.5 Å². The van der Waals surface area contributed by atoms with Gasteiger partial charge in [-0.3, -0.25) is 0 Å². The Kier molecular flexibility index (Phi) is 15.9. The molecule has 0 bridgehead atoms. The molecule has 15 rings (SSSR count). The predicted molar refractivity (Wildman–Crippen MR) is 379 cm³/mol. The van der Waals surface area contributed by atoms with Gasteiger partial charge in [-0.25, -0.2) is 0 Å². The fourth-order valence-electron chi connectivity index (χ4n) is 12.4. The molecular weight excluding hydrogens is 1170 g/mol. The van der Waals surface area contributed by atoms with Crippen LogP contribution >= 0.6 is 15.9 Å². The molecule has 0 unspecified atom stereocenters. The van der Waals surface area contributed by atoms with E-state index in [9.17, 15) is 0 Å². The van der Waals surface area contributed by atoms with Crippen LogP contribution in [-0.4, -0.2) is 63.9 Å². The third kappa shape index (κ3) is 11.3. The van der Waals surface area contributed by atoms with Gasteiger partial charge in [0.05, 0.1) is 67.0 Å². The summed E-state index contributed by atoms with van der Waals surface area (Å²) in [7, 11) is -1.36. The van der Waals surface area contributed by atoms with Gasteiger partial charge in [0.1, 0.15) is 0 Å². The van der Waals surface area contributed by atoms with Crippen molar-refractivity contribution >= 4 is 86.1 Å². The van der Waals surface area contributed by atoms with Crippen molar-refractivity contribution in [2.24, 2.45) is 0 Å². The summed E-state index contributed by atoms with van der Waals surface area (Å²) in [6.45, 7) is 24.6. The molecule has 0 spiro atoms. The van der Waals surface area contributed by atoms with Crippen LogP contribution in [0, 0.1) is 0 Å². The van der Waals surface area contributed by atoms with Gasteiger partial charge in [-0.05, 0) is 170 Å². The van der Waals surface area contributed by atoms with Crippen molar-refractivity contribution in [3.8, 4) is 55.9 Å². The Morgan fingerprint density at radius 1 is 0.278 bits per heavy atom. The maximum atomic E-state index is 6.42. The van der Waals surface area contributed by atoms with Crippen molar-refractivity contribution in [1.82, 2.24) is 9.13 Å². The van der Waals surface area contributed by atoms with Gasteiger partial charge in [-0.15, -0.1) is 0 Å². The number of para-hydroxylation sites is 2. The molecule has 2 aromatic heterocycles. The third-order valence-electron chi connectivity index (χ3n) is 19.5. The second-order valence-electron chi connectivity index (χ2n) is 26.9. The molecule has 0 saturated carbocycles. The number of benzene rings is 10. The summed E-state index contributed by atoms with van der Waals surface area (Å²) in [5.74, 6) is 0. The highest BCUT2D eigenvalue weighted by atomic mass is 79.9. The Hall–Kier alpha value is -7.77. The standard InChI is InChI=1S/C36H32BNO2.C30H20BrN.C12H24B2O4/c1-35(2)36(3,4)40-37(39-35)28-20-22-33-31(24-28)30-17-11-12-18-32(30)38(33)34-23-27(25-13-7-5-8-14-25)19-21-29(34)26-15-9-6-10-16-26;31-24-16-18-29-27(20-24)26-13-7-8-14-28(26)32(29)30-19-23(21-9-3-1-4-10-21)15-17-25(30)22-11-5-2-6-12-22;1-9(2)10(3,4)16-13(15-9)14-17-11(5,6)12(7,8)18-14/h5-24H,1-4H3;1-20H;1-8H3. The minimum atomic E-state index is -0.476. The van der Waals surface area contributed by atoms with Gasteiger partial charge in [0, 0.05) is 37.1 Å². The van der Waals surface area contributed by atoms with Crippen molar-refractivity contribution in [3.63, 3.8) is 0 Å². The Balaban J connectivity index is 0.000000133. The lowest BCUT2D eigenvalue weighted by Crippen LogP contribution is -2.41. The molecule has 450 valence electrons. The monoisotopic (exact) mass is 1250 g/mol. The minimum Gasteiger partial charge on any atom is -0.405 e. The van der Waals surface area contributed by atoms with Crippen LogP contribution in [0.3, 0.4) is 0 Å². The maximum Gasteiger partial charge on any atom is 0.494 e. The highest BCUT2D eigenvalue weighted by molar-refractivity contribution is 9.10. The molecule has 12 aromatic rings. The quantitative estimate of drug-likeness (QED) is 0.141. The molecule has 0 atom stereocenters. The molecule has 0 radical (unpaired) electrons. The van der Waals surface area contributed by atoms with Crippen LogP contribution in [0.5, 0.6) is 0 Å². The van der Waals surface area contributed by atoms with Crippen LogP contribution in [0.15, 0.2) is 247 Å². The van der Waals surface area contributed by atoms with E-state index in [2.05, 4.69) is 295 Å². The maximum absolute atomic E-state index is 6.42. The number of hydrogen-bond donors (Lipinski definition) is 0. The Labute approximate surface area is 539 Å². The van der Waals surface area contributed by atoms with E-state index >= 15 is 0 Å². The van der Waals surface area contributed by atoms with Crippen LogP contribution in [-0.2, 0) is 27.9 Å². The average Bonchev–Trinajstić information content (AvgIpc) is 1.59. The average molecular weight is 1250 g/mol. The number of fused-ring (bicyclic) bond motifs is 6. The Morgan fingerprint density at radius 2 is 0.600 bits per heavy atom. The fourth-order valence-corrected chi connectivity index (χ4v) is 12.7. The fraction of sp³-hybridized carbons (Fsp3) is 0.231. The second kappa shape index (κ2) is 23.5. The molecule has 3 aliphatic heterocycles. The zero-order valence-electron chi connectivity index (χ0n) is 53.5. The SMILES string of the molecule is Brc1ccc2c(c1)c1ccccc1n2-c1cc(-c2ccccc2)ccc1-c1ccccc1.CC1(C)OB(B2OC(C)(C)C(C)(C)O2)OC1(C)C.CC1(C)OB(c2ccc3c(c2)c2ccccc2n3-c2cc(-c3ccccc3)ccc2-c2ccccc2)OC1(C)C. The van der Waals surface area contributed by atoms with Gasteiger partial charge in [0.15, 0.2) is 0 Å². The predicted octanol–water partition coefficient (Wildman–Crippen LogP) is 19.5. The molecule has 0 amide bonds. The topological polar surface area (TPSA) is 65.2 Å². The lowest BCUT2D eigenvalue weighted by Gasteiger charge is -2.32. The first-order valence-corrected chi connectivity index (χ1v) is 32.1. The molecule has 3 saturated heterocycles. The first-order chi connectivity index (χ1) is 43.0. The molecule has 3 aliphatic rings. The van der Waals surface area contributed by atoms with Crippen molar-refractivity contribution in [3.05, 3.63) is 247 Å². The zero-order valence-corrected chi connectivity index (χ0v) is 55.1. The number of nitrogens with zero attached hydrogens (tertiary/aromatic N) is 2. The minimum absolute atomic E-state index is 0.360. The number of rotatable bonds is 8. The molecule has 8 nitrogen and oxygen atoms in total. The van der Waals surface area contributed by atoms with Gasteiger partial charge in [-0.2, -0.15) is 0 Å². The van der Waals surface area contributed by atoms with E-state index in [0.29, 0.717) is 0 Å². The normalized spacial score (nSPS) is 17.6. The molecule has 90 heavy (non-hydrogen) atoms. The Morgan fingerprint density at radius 3 is 1.00 bits per heavy atom. The number of aromatic nitrogens is 2. The van der Waals surface area contributed by atoms with E-state index in [4.69, 9.17) is 27.9 Å². The lowest BCUT2D eigenvalue weighted by molar-refractivity contribution is 0.00578. The van der Waals surface area contributed by atoms with Gasteiger partial charge >= 0.3 is 21.1 Å². The van der Waals surface area contributed by atoms with E-state index in [1.165, 1.54) is 88.3 Å². The van der Waals surface area contributed by atoms with Gasteiger partial charge in [-0.1, -0.05) is 210 Å². The second-order valence-corrected chi connectivity index (χ2v) is 27.8. The third-order valence-corrected chi connectivity index (χ3v) is 20.0. The molecular formula is C78H76B3BrN2O6. The van der Waals surface area contributed by atoms with E-state index in [0.717, 1.165) is 21.1 Å². The summed E-state index contributed by atoms with van der Waals surface area (Å²) in [5, 5.41) is 4.90.